The molecule has 0 aliphatic carbocycles. The summed E-state index contributed by atoms with van der Waals surface area (Å²) in [5, 5.41) is 2.21. The van der Waals surface area contributed by atoms with Gasteiger partial charge in [0, 0.05) is 38.1 Å². The lowest BCUT2D eigenvalue weighted by Crippen LogP contribution is -2.44. The summed E-state index contributed by atoms with van der Waals surface area (Å²) in [5.41, 5.74) is 6.08. The first-order valence-corrected chi connectivity index (χ1v) is 8.41. The molecule has 2 aliphatic rings. The van der Waals surface area contributed by atoms with E-state index in [1.54, 1.807) is 5.38 Å². The number of nitrogens with two attached hydrogens (primary N) is 1. The van der Waals surface area contributed by atoms with Crippen LogP contribution in [0.4, 0.5) is 5.13 Å². The number of aromatic nitrogens is 1. The van der Waals surface area contributed by atoms with Gasteiger partial charge in [0.1, 0.15) is 5.69 Å². The monoisotopic (exact) mass is 310 g/mol. The molecule has 21 heavy (non-hydrogen) atoms. The second kappa shape index (κ2) is 6.72. The molecule has 3 rings (SSSR count). The number of piperidine rings is 1. The molecule has 116 valence electrons. The minimum Gasteiger partial charge on any atom is -0.379 e. The second-order valence-electron chi connectivity index (χ2n) is 5.72. The van der Waals surface area contributed by atoms with E-state index in [4.69, 9.17) is 10.5 Å². The number of hydrogen-bond acceptors (Lipinski definition) is 6. The van der Waals surface area contributed by atoms with Crippen LogP contribution in [0.1, 0.15) is 23.3 Å². The number of thiazole rings is 1. The zero-order valence-corrected chi connectivity index (χ0v) is 13.0. The summed E-state index contributed by atoms with van der Waals surface area (Å²) in [6.45, 7) is 6.56. The molecule has 6 nitrogen and oxygen atoms in total. The van der Waals surface area contributed by atoms with E-state index in [0.717, 1.165) is 58.8 Å². The highest BCUT2D eigenvalue weighted by molar-refractivity contribution is 7.13. The van der Waals surface area contributed by atoms with Gasteiger partial charge in [-0.25, -0.2) is 4.98 Å². The van der Waals surface area contributed by atoms with Gasteiger partial charge in [0.15, 0.2) is 5.13 Å². The fourth-order valence-corrected chi connectivity index (χ4v) is 3.55. The van der Waals surface area contributed by atoms with Crippen LogP contribution >= 0.6 is 11.3 Å². The van der Waals surface area contributed by atoms with Gasteiger partial charge >= 0.3 is 0 Å². The summed E-state index contributed by atoms with van der Waals surface area (Å²) in [6, 6.07) is 0. The molecule has 3 heterocycles. The number of ether oxygens (including phenoxy) is 1. The highest BCUT2D eigenvalue weighted by Gasteiger charge is 2.26. The Morgan fingerprint density at radius 3 is 2.67 bits per heavy atom. The molecule has 2 fully saturated rings. The van der Waals surface area contributed by atoms with Crippen molar-refractivity contribution >= 4 is 22.4 Å². The third kappa shape index (κ3) is 3.72. The quantitative estimate of drug-likeness (QED) is 0.898. The minimum atomic E-state index is 0.0211. The Morgan fingerprint density at radius 2 is 2.05 bits per heavy atom. The van der Waals surface area contributed by atoms with E-state index in [0.29, 0.717) is 16.7 Å². The van der Waals surface area contributed by atoms with Crippen LogP contribution in [0.25, 0.3) is 0 Å². The van der Waals surface area contributed by atoms with E-state index in [9.17, 15) is 4.79 Å². The van der Waals surface area contributed by atoms with Gasteiger partial charge in [-0.1, -0.05) is 0 Å². The van der Waals surface area contributed by atoms with Crippen molar-refractivity contribution in [3.05, 3.63) is 11.1 Å². The predicted molar refractivity (Wildman–Crippen MR) is 82.4 cm³/mol. The molecule has 0 saturated carbocycles. The van der Waals surface area contributed by atoms with Crippen molar-refractivity contribution in [1.29, 1.82) is 0 Å². The largest absolute Gasteiger partial charge is 0.379 e. The lowest BCUT2D eigenvalue weighted by Gasteiger charge is -2.35. The van der Waals surface area contributed by atoms with Gasteiger partial charge in [0.25, 0.3) is 5.91 Å². The molecule has 0 aromatic carbocycles. The number of nitrogens with zero attached hydrogens (tertiary/aromatic N) is 3. The fourth-order valence-electron chi connectivity index (χ4n) is 3.02. The van der Waals surface area contributed by atoms with Crippen molar-refractivity contribution in [2.24, 2.45) is 5.92 Å². The number of carbonyl (C=O) groups excluding carboxylic acids is 1. The summed E-state index contributed by atoms with van der Waals surface area (Å²) < 4.78 is 5.38. The third-order valence-electron chi connectivity index (χ3n) is 4.26. The summed E-state index contributed by atoms with van der Waals surface area (Å²) in [7, 11) is 0. The van der Waals surface area contributed by atoms with Crippen molar-refractivity contribution in [2.45, 2.75) is 12.8 Å². The van der Waals surface area contributed by atoms with Crippen LogP contribution in [-0.4, -0.2) is 66.6 Å². The highest BCUT2D eigenvalue weighted by atomic mass is 32.1. The minimum absolute atomic E-state index is 0.0211. The maximum Gasteiger partial charge on any atom is 0.273 e. The van der Waals surface area contributed by atoms with E-state index in [2.05, 4.69) is 9.88 Å². The van der Waals surface area contributed by atoms with Crippen molar-refractivity contribution in [3.63, 3.8) is 0 Å². The van der Waals surface area contributed by atoms with Crippen LogP contribution in [0, 0.1) is 5.92 Å². The Labute approximate surface area is 128 Å². The van der Waals surface area contributed by atoms with Crippen LogP contribution in [0.3, 0.4) is 0 Å². The number of likely N-dealkylation sites (tertiary alicyclic amines) is 1. The molecule has 7 heteroatoms. The molecule has 0 spiro atoms. The average Bonchev–Trinajstić information content (AvgIpc) is 2.95. The number of anilines is 1. The molecule has 1 aromatic heterocycles. The second-order valence-corrected chi connectivity index (χ2v) is 6.61. The zero-order chi connectivity index (χ0) is 14.7. The van der Waals surface area contributed by atoms with Crippen LogP contribution in [-0.2, 0) is 4.74 Å². The third-order valence-corrected chi connectivity index (χ3v) is 4.94. The lowest BCUT2D eigenvalue weighted by atomic mass is 9.96. The first kappa shape index (κ1) is 14.7. The summed E-state index contributed by atoms with van der Waals surface area (Å²) in [6.07, 6.45) is 2.14. The molecule has 0 bridgehead atoms. The zero-order valence-electron chi connectivity index (χ0n) is 12.2. The Kier molecular flexibility index (Phi) is 4.72. The first-order valence-electron chi connectivity index (χ1n) is 7.53. The van der Waals surface area contributed by atoms with Crippen LogP contribution in [0.15, 0.2) is 5.38 Å². The Balaban J connectivity index is 1.47. The molecule has 2 N–H and O–H groups in total. The van der Waals surface area contributed by atoms with Gasteiger partial charge in [0.05, 0.1) is 13.2 Å². The molecule has 0 unspecified atom stereocenters. The fraction of sp³-hybridized carbons (Fsp3) is 0.714. The Bertz CT molecular complexity index is 479. The Morgan fingerprint density at radius 1 is 1.33 bits per heavy atom. The molecule has 1 amide bonds. The number of morpholine rings is 1. The summed E-state index contributed by atoms with van der Waals surface area (Å²) in [5.74, 6) is 0.709. The van der Waals surface area contributed by atoms with Gasteiger partial charge in [0.2, 0.25) is 0 Å². The molecule has 0 atom stereocenters. The summed E-state index contributed by atoms with van der Waals surface area (Å²) in [4.78, 5) is 20.8. The van der Waals surface area contributed by atoms with Crippen LogP contribution in [0.5, 0.6) is 0 Å². The Hall–Kier alpha value is -1.18. The number of hydrogen-bond donors (Lipinski definition) is 1. The maximum atomic E-state index is 12.3. The van der Waals surface area contributed by atoms with E-state index in [-0.39, 0.29) is 5.91 Å². The summed E-state index contributed by atoms with van der Waals surface area (Å²) >= 11 is 1.32. The van der Waals surface area contributed by atoms with Gasteiger partial charge in [-0.2, -0.15) is 0 Å². The van der Waals surface area contributed by atoms with Crippen molar-refractivity contribution < 1.29 is 9.53 Å². The van der Waals surface area contributed by atoms with Crippen LogP contribution < -0.4 is 5.73 Å². The lowest BCUT2D eigenvalue weighted by molar-refractivity contribution is 0.0242. The van der Waals surface area contributed by atoms with Gasteiger partial charge < -0.3 is 15.4 Å². The van der Waals surface area contributed by atoms with E-state index in [1.807, 2.05) is 4.90 Å². The molecule has 2 aliphatic heterocycles. The number of carbonyl (C=O) groups is 1. The van der Waals surface area contributed by atoms with Gasteiger partial charge in [-0.15, -0.1) is 11.3 Å². The van der Waals surface area contributed by atoms with E-state index < -0.39 is 0 Å². The van der Waals surface area contributed by atoms with E-state index >= 15 is 0 Å². The van der Waals surface area contributed by atoms with Crippen molar-refractivity contribution in [3.8, 4) is 0 Å². The van der Waals surface area contributed by atoms with Crippen molar-refractivity contribution in [1.82, 2.24) is 14.8 Å². The molecule has 0 radical (unpaired) electrons. The molecule has 2 saturated heterocycles. The number of rotatable bonds is 3. The molecular formula is C14H22N4O2S. The average molecular weight is 310 g/mol. The van der Waals surface area contributed by atoms with Crippen LogP contribution in [0.2, 0.25) is 0 Å². The normalized spacial score (nSPS) is 21.6. The molecule has 1 aromatic rings. The smallest absolute Gasteiger partial charge is 0.273 e. The number of nitrogen functional groups attached to an aromatic ring is 1. The predicted octanol–water partition coefficient (Wildman–Crippen LogP) is 0.910. The highest BCUT2D eigenvalue weighted by Crippen LogP contribution is 2.21. The standard InChI is InChI=1S/C14H22N4O2S/c15-14-16-12(10-21-14)13(19)18-3-1-11(2-4-18)9-17-5-7-20-8-6-17/h10-11H,1-9H2,(H2,15,16). The van der Waals surface area contributed by atoms with Gasteiger partial charge in [-0.3, -0.25) is 9.69 Å². The SMILES string of the molecule is Nc1nc(C(=O)N2CCC(CN3CCOCC3)CC2)cs1. The first-order chi connectivity index (χ1) is 10.2. The van der Waals surface area contributed by atoms with E-state index in [1.165, 1.54) is 11.3 Å². The van der Waals surface area contributed by atoms with Gasteiger partial charge in [-0.05, 0) is 18.8 Å². The topological polar surface area (TPSA) is 71.7 Å². The molecular weight excluding hydrogens is 288 g/mol. The van der Waals surface area contributed by atoms with Crippen molar-refractivity contribution in [2.75, 3.05) is 51.7 Å². The number of amides is 1. The maximum absolute atomic E-state index is 12.3.